The number of nitrogens with zero attached hydrogens (tertiary/aromatic N) is 2. The molecule has 1 N–H and O–H groups in total. The lowest BCUT2D eigenvalue weighted by Gasteiger charge is -1.96. The molecule has 0 bridgehead atoms. The standard InChI is InChI=1S/C6H2Cl3N3/c7-2-1-3(8)5-6(4(2)9)11-12-10-5/h1H,(H,10,11,12). The van der Waals surface area contributed by atoms with Crippen LogP contribution >= 0.6 is 34.8 Å². The summed E-state index contributed by atoms with van der Waals surface area (Å²) < 4.78 is 0. The van der Waals surface area contributed by atoms with Gasteiger partial charge in [-0.05, 0) is 6.07 Å². The van der Waals surface area contributed by atoms with E-state index in [1.54, 1.807) is 6.07 Å². The predicted molar refractivity (Wildman–Crippen MR) is 48.9 cm³/mol. The van der Waals surface area contributed by atoms with Crippen LogP contribution in [0.25, 0.3) is 11.0 Å². The van der Waals surface area contributed by atoms with E-state index in [2.05, 4.69) is 15.4 Å². The lowest BCUT2D eigenvalue weighted by molar-refractivity contribution is 0.959. The Balaban J connectivity index is 2.97. The van der Waals surface area contributed by atoms with E-state index in [1.165, 1.54) is 0 Å². The van der Waals surface area contributed by atoms with Crippen molar-refractivity contribution in [2.75, 3.05) is 0 Å². The van der Waals surface area contributed by atoms with Gasteiger partial charge in [-0.1, -0.05) is 40.0 Å². The topological polar surface area (TPSA) is 41.6 Å². The van der Waals surface area contributed by atoms with Crippen molar-refractivity contribution in [3.8, 4) is 0 Å². The number of nitrogens with one attached hydrogen (secondary N) is 1. The van der Waals surface area contributed by atoms with Gasteiger partial charge in [0.15, 0.2) is 0 Å². The highest BCUT2D eigenvalue weighted by atomic mass is 35.5. The van der Waals surface area contributed by atoms with Gasteiger partial charge in [-0.2, -0.15) is 0 Å². The average molecular weight is 222 g/mol. The van der Waals surface area contributed by atoms with Crippen LogP contribution in [-0.2, 0) is 0 Å². The van der Waals surface area contributed by atoms with E-state index in [0.717, 1.165) is 0 Å². The molecule has 0 aliphatic heterocycles. The van der Waals surface area contributed by atoms with Crippen molar-refractivity contribution < 1.29 is 0 Å². The van der Waals surface area contributed by atoms with Gasteiger partial charge in [0.2, 0.25) is 0 Å². The van der Waals surface area contributed by atoms with E-state index in [9.17, 15) is 0 Å². The zero-order valence-electron chi connectivity index (χ0n) is 5.61. The molecular formula is C6H2Cl3N3. The summed E-state index contributed by atoms with van der Waals surface area (Å²) >= 11 is 17.4. The largest absolute Gasteiger partial charge is 0.256 e. The molecule has 0 amide bonds. The summed E-state index contributed by atoms with van der Waals surface area (Å²) in [5.41, 5.74) is 1.10. The molecule has 2 rings (SSSR count). The van der Waals surface area contributed by atoms with Crippen LogP contribution in [0.3, 0.4) is 0 Å². The zero-order chi connectivity index (χ0) is 8.72. The first-order valence-electron chi connectivity index (χ1n) is 3.04. The molecule has 6 heteroatoms. The molecule has 0 unspecified atom stereocenters. The molecule has 1 aromatic carbocycles. The van der Waals surface area contributed by atoms with Crippen molar-refractivity contribution in [1.29, 1.82) is 0 Å². The van der Waals surface area contributed by atoms with Crippen molar-refractivity contribution >= 4 is 45.8 Å². The molecule has 3 nitrogen and oxygen atoms in total. The molecule has 0 saturated carbocycles. The molecule has 0 fully saturated rings. The highest BCUT2D eigenvalue weighted by Crippen LogP contribution is 2.33. The lowest BCUT2D eigenvalue weighted by Crippen LogP contribution is -1.75. The first-order valence-corrected chi connectivity index (χ1v) is 4.18. The molecule has 0 aliphatic carbocycles. The quantitative estimate of drug-likeness (QED) is 0.696. The maximum atomic E-state index is 5.83. The van der Waals surface area contributed by atoms with E-state index < -0.39 is 0 Å². The average Bonchev–Trinajstić information content (AvgIpc) is 2.48. The SMILES string of the molecule is Clc1cc(Cl)c2[nH]nnc2c1Cl. The number of aromatic amines is 1. The summed E-state index contributed by atoms with van der Waals surface area (Å²) in [6, 6.07) is 1.55. The monoisotopic (exact) mass is 221 g/mol. The van der Waals surface area contributed by atoms with Crippen LogP contribution in [0.2, 0.25) is 15.1 Å². The minimum Gasteiger partial charge on any atom is -0.256 e. The first kappa shape index (κ1) is 8.10. The number of benzene rings is 1. The van der Waals surface area contributed by atoms with E-state index in [0.29, 0.717) is 26.1 Å². The highest BCUT2D eigenvalue weighted by molar-refractivity contribution is 6.47. The summed E-state index contributed by atoms with van der Waals surface area (Å²) in [5.74, 6) is 0. The molecule has 0 atom stereocenters. The van der Waals surface area contributed by atoms with Gasteiger partial charge in [0, 0.05) is 0 Å². The van der Waals surface area contributed by atoms with E-state index in [4.69, 9.17) is 34.8 Å². The lowest BCUT2D eigenvalue weighted by atomic mass is 10.3. The van der Waals surface area contributed by atoms with Gasteiger partial charge in [0.1, 0.15) is 11.0 Å². The fourth-order valence-electron chi connectivity index (χ4n) is 0.908. The van der Waals surface area contributed by atoms with Crippen molar-refractivity contribution in [2.45, 2.75) is 0 Å². The summed E-state index contributed by atoms with van der Waals surface area (Å²) in [4.78, 5) is 0. The molecule has 62 valence electrons. The fourth-order valence-corrected chi connectivity index (χ4v) is 1.59. The smallest absolute Gasteiger partial charge is 0.134 e. The number of aromatic nitrogens is 3. The van der Waals surface area contributed by atoms with Gasteiger partial charge in [0.25, 0.3) is 0 Å². The maximum absolute atomic E-state index is 5.83. The second kappa shape index (κ2) is 2.76. The van der Waals surface area contributed by atoms with Crippen molar-refractivity contribution in [1.82, 2.24) is 15.4 Å². The second-order valence-electron chi connectivity index (χ2n) is 2.19. The Morgan fingerprint density at radius 2 is 1.92 bits per heavy atom. The molecule has 12 heavy (non-hydrogen) atoms. The zero-order valence-corrected chi connectivity index (χ0v) is 7.87. The number of halogens is 3. The summed E-state index contributed by atoms with van der Waals surface area (Å²) in [6.07, 6.45) is 0. The maximum Gasteiger partial charge on any atom is 0.134 e. The van der Waals surface area contributed by atoms with Gasteiger partial charge < -0.3 is 0 Å². The van der Waals surface area contributed by atoms with E-state index in [-0.39, 0.29) is 0 Å². The van der Waals surface area contributed by atoms with Crippen LogP contribution < -0.4 is 0 Å². The fraction of sp³-hybridized carbons (Fsp3) is 0. The number of fused-ring (bicyclic) bond motifs is 1. The molecule has 0 radical (unpaired) electrons. The first-order chi connectivity index (χ1) is 5.70. The highest BCUT2D eigenvalue weighted by Gasteiger charge is 2.10. The van der Waals surface area contributed by atoms with E-state index in [1.807, 2.05) is 0 Å². The third-order valence-electron chi connectivity index (χ3n) is 1.46. The van der Waals surface area contributed by atoms with Gasteiger partial charge in [-0.15, -0.1) is 5.10 Å². The van der Waals surface area contributed by atoms with Crippen molar-refractivity contribution in [3.05, 3.63) is 21.1 Å². The van der Waals surface area contributed by atoms with Gasteiger partial charge in [-0.3, -0.25) is 5.10 Å². The molecule has 1 heterocycles. The molecule has 2 aromatic rings. The summed E-state index contributed by atoms with van der Waals surface area (Å²) in [5, 5.41) is 11.1. The van der Waals surface area contributed by atoms with Crippen LogP contribution in [0.15, 0.2) is 6.07 Å². The Morgan fingerprint density at radius 1 is 1.17 bits per heavy atom. The normalized spacial score (nSPS) is 10.9. The van der Waals surface area contributed by atoms with Crippen molar-refractivity contribution in [3.63, 3.8) is 0 Å². The van der Waals surface area contributed by atoms with Crippen LogP contribution in [0.4, 0.5) is 0 Å². The number of hydrogen-bond acceptors (Lipinski definition) is 2. The Morgan fingerprint density at radius 3 is 2.67 bits per heavy atom. The van der Waals surface area contributed by atoms with Crippen LogP contribution in [0.1, 0.15) is 0 Å². The number of H-pyrrole nitrogens is 1. The Kier molecular flexibility index (Phi) is 1.87. The Bertz CT molecular complexity index is 437. The van der Waals surface area contributed by atoms with Gasteiger partial charge in [-0.25, -0.2) is 0 Å². The molecular weight excluding hydrogens is 220 g/mol. The molecule has 1 aromatic heterocycles. The Labute approximate surface area is 82.6 Å². The van der Waals surface area contributed by atoms with Crippen LogP contribution in [-0.4, -0.2) is 15.4 Å². The second-order valence-corrected chi connectivity index (χ2v) is 3.38. The molecule has 0 aliphatic rings. The molecule has 0 spiro atoms. The minimum atomic E-state index is 0.366. The van der Waals surface area contributed by atoms with Crippen molar-refractivity contribution in [2.24, 2.45) is 0 Å². The predicted octanol–water partition coefficient (Wildman–Crippen LogP) is 2.92. The van der Waals surface area contributed by atoms with Gasteiger partial charge >= 0.3 is 0 Å². The van der Waals surface area contributed by atoms with Crippen LogP contribution in [0.5, 0.6) is 0 Å². The molecule has 0 saturated heterocycles. The summed E-state index contributed by atoms with van der Waals surface area (Å²) in [6.45, 7) is 0. The third kappa shape index (κ3) is 1.05. The van der Waals surface area contributed by atoms with Gasteiger partial charge in [0.05, 0.1) is 15.1 Å². The minimum absolute atomic E-state index is 0.366. The third-order valence-corrected chi connectivity index (χ3v) is 2.53. The summed E-state index contributed by atoms with van der Waals surface area (Å²) in [7, 11) is 0. The van der Waals surface area contributed by atoms with E-state index >= 15 is 0 Å². The Hall–Kier alpha value is -0.510. The number of hydrogen-bond donors (Lipinski definition) is 1. The van der Waals surface area contributed by atoms with Crippen LogP contribution in [0, 0.1) is 0 Å². The number of rotatable bonds is 0.